The van der Waals surface area contributed by atoms with Gasteiger partial charge < -0.3 is 10.6 Å². The fourth-order valence-electron chi connectivity index (χ4n) is 1.86. The summed E-state index contributed by atoms with van der Waals surface area (Å²) in [5.74, 6) is 0.0960. The number of nitrogens with two attached hydrogens (primary N) is 1. The van der Waals surface area contributed by atoms with Gasteiger partial charge in [0, 0.05) is 12.6 Å². The van der Waals surface area contributed by atoms with E-state index in [4.69, 9.17) is 11.0 Å². The standard InChI is InChI=1S/C15H22FN3/c1-11(2)15(18)6-7-19(3)10-12-4-5-14(16)8-13(12)9-17/h4-5,8,11,15H,6-7,10,18H2,1-3H3. The number of benzene rings is 1. The van der Waals surface area contributed by atoms with Crippen LogP contribution in [0, 0.1) is 23.1 Å². The topological polar surface area (TPSA) is 53.0 Å². The first kappa shape index (κ1) is 15.6. The van der Waals surface area contributed by atoms with Gasteiger partial charge in [0.15, 0.2) is 0 Å². The lowest BCUT2D eigenvalue weighted by molar-refractivity contribution is 0.296. The molecule has 0 fully saturated rings. The molecule has 0 aromatic heterocycles. The minimum Gasteiger partial charge on any atom is -0.327 e. The zero-order chi connectivity index (χ0) is 14.4. The average molecular weight is 263 g/mol. The molecular formula is C15H22FN3. The van der Waals surface area contributed by atoms with Gasteiger partial charge in [-0.1, -0.05) is 19.9 Å². The van der Waals surface area contributed by atoms with Crippen LogP contribution in [-0.2, 0) is 6.54 Å². The average Bonchev–Trinajstić information content (AvgIpc) is 2.37. The molecule has 19 heavy (non-hydrogen) atoms. The van der Waals surface area contributed by atoms with E-state index in [0.29, 0.717) is 18.0 Å². The smallest absolute Gasteiger partial charge is 0.124 e. The zero-order valence-electron chi connectivity index (χ0n) is 11.9. The Labute approximate surface area is 114 Å². The number of nitrogens with zero attached hydrogens (tertiary/aromatic N) is 2. The van der Waals surface area contributed by atoms with E-state index in [1.54, 1.807) is 6.07 Å². The maximum atomic E-state index is 13.0. The number of hydrogen-bond acceptors (Lipinski definition) is 3. The van der Waals surface area contributed by atoms with Crippen LogP contribution < -0.4 is 5.73 Å². The molecule has 1 unspecified atom stereocenters. The molecule has 4 heteroatoms. The Morgan fingerprint density at radius 2 is 2.11 bits per heavy atom. The van der Waals surface area contributed by atoms with Gasteiger partial charge in [-0.15, -0.1) is 0 Å². The minimum atomic E-state index is -0.371. The summed E-state index contributed by atoms with van der Waals surface area (Å²) in [6.07, 6.45) is 0.914. The number of nitriles is 1. The third-order valence-electron chi connectivity index (χ3n) is 3.33. The summed E-state index contributed by atoms with van der Waals surface area (Å²) in [5, 5.41) is 8.99. The van der Waals surface area contributed by atoms with Gasteiger partial charge in [-0.25, -0.2) is 4.39 Å². The molecule has 0 bridgehead atoms. The maximum Gasteiger partial charge on any atom is 0.124 e. The summed E-state index contributed by atoms with van der Waals surface area (Å²) in [4.78, 5) is 2.11. The third kappa shape index (κ3) is 4.98. The molecule has 0 heterocycles. The third-order valence-corrected chi connectivity index (χ3v) is 3.33. The highest BCUT2D eigenvalue weighted by Crippen LogP contribution is 2.13. The highest BCUT2D eigenvalue weighted by Gasteiger charge is 2.11. The molecule has 0 aliphatic carbocycles. The second kappa shape index (κ2) is 7.22. The second-order valence-electron chi connectivity index (χ2n) is 5.35. The molecule has 0 radical (unpaired) electrons. The summed E-state index contributed by atoms with van der Waals surface area (Å²) in [7, 11) is 1.98. The Hall–Kier alpha value is -1.44. The molecule has 0 saturated heterocycles. The molecule has 1 rings (SSSR count). The van der Waals surface area contributed by atoms with Crippen molar-refractivity contribution in [2.75, 3.05) is 13.6 Å². The summed E-state index contributed by atoms with van der Waals surface area (Å²) in [5.41, 5.74) is 7.26. The lowest BCUT2D eigenvalue weighted by Crippen LogP contribution is -2.31. The van der Waals surface area contributed by atoms with Crippen molar-refractivity contribution in [2.24, 2.45) is 11.7 Å². The Morgan fingerprint density at radius 3 is 2.68 bits per heavy atom. The monoisotopic (exact) mass is 263 g/mol. The summed E-state index contributed by atoms with van der Waals surface area (Å²) in [6, 6.07) is 6.57. The van der Waals surface area contributed by atoms with Crippen LogP contribution >= 0.6 is 0 Å². The van der Waals surface area contributed by atoms with E-state index >= 15 is 0 Å². The molecule has 0 aliphatic rings. The van der Waals surface area contributed by atoms with Crippen LogP contribution in [0.4, 0.5) is 4.39 Å². The van der Waals surface area contributed by atoms with E-state index in [-0.39, 0.29) is 11.9 Å². The van der Waals surface area contributed by atoms with Crippen LogP contribution in [0.3, 0.4) is 0 Å². The fraction of sp³-hybridized carbons (Fsp3) is 0.533. The van der Waals surface area contributed by atoms with Crippen molar-refractivity contribution in [3.8, 4) is 6.07 Å². The van der Waals surface area contributed by atoms with E-state index < -0.39 is 0 Å². The Balaban J connectivity index is 2.58. The van der Waals surface area contributed by atoms with Crippen molar-refractivity contribution in [2.45, 2.75) is 32.9 Å². The largest absolute Gasteiger partial charge is 0.327 e. The molecule has 1 atom stereocenters. The molecule has 1 aromatic carbocycles. The molecule has 0 saturated carbocycles. The normalized spacial score (nSPS) is 12.7. The highest BCUT2D eigenvalue weighted by molar-refractivity contribution is 5.37. The Morgan fingerprint density at radius 1 is 1.42 bits per heavy atom. The summed E-state index contributed by atoms with van der Waals surface area (Å²) in [6.45, 7) is 5.71. The molecule has 1 aromatic rings. The van der Waals surface area contributed by atoms with Crippen molar-refractivity contribution >= 4 is 0 Å². The van der Waals surface area contributed by atoms with Gasteiger partial charge in [0.05, 0.1) is 11.6 Å². The van der Waals surface area contributed by atoms with Crippen molar-refractivity contribution < 1.29 is 4.39 Å². The maximum absolute atomic E-state index is 13.0. The van der Waals surface area contributed by atoms with E-state index in [1.807, 2.05) is 13.1 Å². The van der Waals surface area contributed by atoms with Crippen molar-refractivity contribution in [1.29, 1.82) is 5.26 Å². The van der Waals surface area contributed by atoms with Gasteiger partial charge in [0.2, 0.25) is 0 Å². The van der Waals surface area contributed by atoms with Gasteiger partial charge in [0.25, 0.3) is 0 Å². The summed E-state index contributed by atoms with van der Waals surface area (Å²) >= 11 is 0. The van der Waals surface area contributed by atoms with Gasteiger partial charge in [0.1, 0.15) is 5.82 Å². The molecule has 3 nitrogen and oxygen atoms in total. The molecular weight excluding hydrogens is 241 g/mol. The predicted molar refractivity (Wildman–Crippen MR) is 74.9 cm³/mol. The van der Waals surface area contributed by atoms with Crippen LogP contribution in [0.15, 0.2) is 18.2 Å². The fourth-order valence-corrected chi connectivity index (χ4v) is 1.86. The van der Waals surface area contributed by atoms with E-state index in [0.717, 1.165) is 18.5 Å². The lowest BCUT2D eigenvalue weighted by atomic mass is 10.0. The van der Waals surface area contributed by atoms with Crippen molar-refractivity contribution in [3.63, 3.8) is 0 Å². The number of rotatable bonds is 6. The number of hydrogen-bond donors (Lipinski definition) is 1. The quantitative estimate of drug-likeness (QED) is 0.858. The van der Waals surface area contributed by atoms with Gasteiger partial charge in [-0.2, -0.15) is 5.26 Å². The minimum absolute atomic E-state index is 0.186. The van der Waals surface area contributed by atoms with Gasteiger partial charge >= 0.3 is 0 Å². The van der Waals surface area contributed by atoms with Gasteiger partial charge in [-0.3, -0.25) is 0 Å². The van der Waals surface area contributed by atoms with Crippen LogP contribution in [0.25, 0.3) is 0 Å². The van der Waals surface area contributed by atoms with Crippen LogP contribution in [0.1, 0.15) is 31.4 Å². The van der Waals surface area contributed by atoms with Crippen molar-refractivity contribution in [3.05, 3.63) is 35.1 Å². The zero-order valence-corrected chi connectivity index (χ0v) is 11.9. The predicted octanol–water partition coefficient (Wildman–Crippen LogP) is 2.50. The Kier molecular flexibility index (Phi) is 5.94. The SMILES string of the molecule is CC(C)C(N)CCN(C)Cc1ccc(F)cc1C#N. The van der Waals surface area contributed by atoms with Crippen LogP contribution in [0.2, 0.25) is 0 Å². The molecule has 104 valence electrons. The van der Waals surface area contributed by atoms with Gasteiger partial charge in [-0.05, 0) is 43.6 Å². The highest BCUT2D eigenvalue weighted by atomic mass is 19.1. The van der Waals surface area contributed by atoms with Crippen LogP contribution in [-0.4, -0.2) is 24.5 Å². The molecule has 0 spiro atoms. The second-order valence-corrected chi connectivity index (χ2v) is 5.35. The van der Waals surface area contributed by atoms with Crippen LogP contribution in [0.5, 0.6) is 0 Å². The van der Waals surface area contributed by atoms with Crippen molar-refractivity contribution in [1.82, 2.24) is 4.90 Å². The molecule has 0 amide bonds. The molecule has 2 N–H and O–H groups in total. The summed E-state index contributed by atoms with van der Waals surface area (Å²) < 4.78 is 13.0. The lowest BCUT2D eigenvalue weighted by Gasteiger charge is -2.21. The Bertz CT molecular complexity index is 451. The van der Waals surface area contributed by atoms with E-state index in [9.17, 15) is 4.39 Å². The first-order chi connectivity index (χ1) is 8.93. The first-order valence-corrected chi connectivity index (χ1v) is 6.56. The van der Waals surface area contributed by atoms with E-state index in [1.165, 1.54) is 12.1 Å². The van der Waals surface area contributed by atoms with E-state index in [2.05, 4.69) is 18.7 Å². The molecule has 0 aliphatic heterocycles. The first-order valence-electron chi connectivity index (χ1n) is 6.56. The number of halogens is 1.